The first kappa shape index (κ1) is 12.1. The van der Waals surface area contributed by atoms with Gasteiger partial charge in [-0.1, -0.05) is 0 Å². The normalized spacial score (nSPS) is 38.7. The lowest BCUT2D eigenvalue weighted by Gasteiger charge is -2.53. The predicted octanol–water partition coefficient (Wildman–Crippen LogP) is 1.77. The molecule has 0 saturated heterocycles. The van der Waals surface area contributed by atoms with Crippen LogP contribution in [0.2, 0.25) is 0 Å². The second-order valence-electron chi connectivity index (χ2n) is 6.56. The summed E-state index contributed by atoms with van der Waals surface area (Å²) in [5, 5.41) is 21.1. The van der Waals surface area contributed by atoms with Crippen molar-refractivity contribution < 1.29 is 9.90 Å². The predicted molar refractivity (Wildman–Crippen MR) is 70.6 cm³/mol. The molecule has 0 amide bonds. The van der Waals surface area contributed by atoms with Crippen LogP contribution < -0.4 is 0 Å². The van der Waals surface area contributed by atoms with Crippen LogP contribution in [0.25, 0.3) is 6.08 Å². The molecule has 106 valence electrons. The molecule has 1 N–H and O–H groups in total. The Morgan fingerprint density at radius 1 is 1.15 bits per heavy atom. The molecule has 1 aromatic rings. The van der Waals surface area contributed by atoms with Crippen LogP contribution in [0.1, 0.15) is 44.0 Å². The highest BCUT2D eigenvalue weighted by Gasteiger charge is 2.49. The minimum absolute atomic E-state index is 0.377. The number of aromatic nitrogens is 4. The molecule has 0 aromatic carbocycles. The fraction of sp³-hybridized carbons (Fsp3) is 0.714. The minimum Gasteiger partial charge on any atom is -0.478 e. The lowest BCUT2D eigenvalue weighted by molar-refractivity contribution is -0.131. The topological polar surface area (TPSA) is 80.9 Å². The van der Waals surface area contributed by atoms with E-state index in [1.807, 2.05) is 0 Å². The smallest absolute Gasteiger partial charge is 0.328 e. The molecule has 4 saturated carbocycles. The van der Waals surface area contributed by atoms with E-state index in [9.17, 15) is 4.79 Å². The number of nitrogens with zero attached hydrogens (tertiary/aromatic N) is 4. The van der Waals surface area contributed by atoms with E-state index < -0.39 is 5.97 Å². The molecule has 0 aliphatic heterocycles. The molecule has 6 heteroatoms. The summed E-state index contributed by atoms with van der Waals surface area (Å²) in [7, 11) is 0. The van der Waals surface area contributed by atoms with Crippen molar-refractivity contribution in [2.75, 3.05) is 0 Å². The molecule has 4 bridgehead atoms. The molecule has 5 rings (SSSR count). The first-order valence-electron chi connectivity index (χ1n) is 7.39. The number of carbonyl (C=O) groups is 1. The molecule has 6 nitrogen and oxygen atoms in total. The third-order valence-corrected chi connectivity index (χ3v) is 5.26. The van der Waals surface area contributed by atoms with Crippen molar-refractivity contribution in [2.45, 2.75) is 38.1 Å². The van der Waals surface area contributed by atoms with Gasteiger partial charge in [0.25, 0.3) is 0 Å². The SMILES string of the molecule is O=C(O)/C=C/c1nnn(C2C3CC4CC(C3)CC2C4)n1. The zero-order chi connectivity index (χ0) is 13.7. The third kappa shape index (κ3) is 1.94. The van der Waals surface area contributed by atoms with Crippen molar-refractivity contribution in [1.82, 2.24) is 20.2 Å². The van der Waals surface area contributed by atoms with E-state index in [1.165, 1.54) is 38.2 Å². The summed E-state index contributed by atoms with van der Waals surface area (Å²) in [5.41, 5.74) is 0. The van der Waals surface area contributed by atoms with Crippen molar-refractivity contribution in [2.24, 2.45) is 23.7 Å². The van der Waals surface area contributed by atoms with Gasteiger partial charge in [0, 0.05) is 6.08 Å². The Bertz CT molecular complexity index is 537. The Hall–Kier alpha value is -1.72. The molecular formula is C14H18N4O2. The minimum atomic E-state index is -0.990. The van der Waals surface area contributed by atoms with Crippen LogP contribution in [-0.4, -0.2) is 31.3 Å². The molecule has 0 radical (unpaired) electrons. The monoisotopic (exact) mass is 274 g/mol. The standard InChI is InChI=1S/C14H18N4O2/c19-13(20)2-1-12-15-17-18(16-12)14-10-4-8-3-9(6-10)7-11(14)5-8/h1-2,8-11,14H,3-7H2,(H,19,20)/b2-1+. The number of tetrazole rings is 1. The van der Waals surface area contributed by atoms with Crippen LogP contribution in [0.4, 0.5) is 0 Å². The van der Waals surface area contributed by atoms with E-state index in [0.29, 0.717) is 23.7 Å². The number of hydrogen-bond donors (Lipinski definition) is 1. The van der Waals surface area contributed by atoms with Crippen LogP contribution >= 0.6 is 0 Å². The van der Waals surface area contributed by atoms with Gasteiger partial charge in [0.1, 0.15) is 0 Å². The number of hydrogen-bond acceptors (Lipinski definition) is 4. The van der Waals surface area contributed by atoms with Gasteiger partial charge in [-0.3, -0.25) is 0 Å². The highest BCUT2D eigenvalue weighted by molar-refractivity contribution is 5.84. The molecule has 0 unspecified atom stereocenters. The third-order valence-electron chi connectivity index (χ3n) is 5.26. The van der Waals surface area contributed by atoms with Gasteiger partial charge in [-0.25, -0.2) is 4.79 Å². The lowest BCUT2D eigenvalue weighted by atomic mass is 9.54. The molecule has 1 heterocycles. The van der Waals surface area contributed by atoms with Gasteiger partial charge in [0.15, 0.2) is 5.82 Å². The maximum Gasteiger partial charge on any atom is 0.328 e. The van der Waals surface area contributed by atoms with E-state index in [1.54, 1.807) is 4.80 Å². The first-order chi connectivity index (χ1) is 9.69. The highest BCUT2D eigenvalue weighted by atomic mass is 16.4. The van der Waals surface area contributed by atoms with Crippen LogP contribution in [0.5, 0.6) is 0 Å². The van der Waals surface area contributed by atoms with E-state index in [4.69, 9.17) is 5.11 Å². The van der Waals surface area contributed by atoms with Crippen molar-refractivity contribution in [1.29, 1.82) is 0 Å². The number of aliphatic carboxylic acids is 1. The Labute approximate surface area is 116 Å². The fourth-order valence-corrected chi connectivity index (χ4v) is 4.85. The zero-order valence-corrected chi connectivity index (χ0v) is 11.2. The summed E-state index contributed by atoms with van der Waals surface area (Å²) in [6.07, 6.45) is 9.11. The highest BCUT2D eigenvalue weighted by Crippen LogP contribution is 2.57. The van der Waals surface area contributed by atoms with E-state index in [-0.39, 0.29) is 0 Å². The van der Waals surface area contributed by atoms with Crippen molar-refractivity contribution >= 4 is 12.0 Å². The molecule has 1 aromatic heterocycles. The van der Waals surface area contributed by atoms with Crippen LogP contribution in [0.15, 0.2) is 6.08 Å². The summed E-state index contributed by atoms with van der Waals surface area (Å²) < 4.78 is 0. The van der Waals surface area contributed by atoms with Gasteiger partial charge in [-0.2, -0.15) is 4.80 Å². The summed E-state index contributed by atoms with van der Waals surface area (Å²) in [5.74, 6) is 2.62. The lowest BCUT2D eigenvalue weighted by Crippen LogP contribution is -2.46. The average Bonchev–Trinajstić information content (AvgIpc) is 2.83. The van der Waals surface area contributed by atoms with Gasteiger partial charge >= 0.3 is 5.97 Å². The first-order valence-corrected chi connectivity index (χ1v) is 7.39. The maximum absolute atomic E-state index is 10.5. The molecule has 4 fully saturated rings. The van der Waals surface area contributed by atoms with Crippen molar-refractivity contribution in [3.63, 3.8) is 0 Å². The average molecular weight is 274 g/mol. The Balaban J connectivity index is 1.57. The largest absolute Gasteiger partial charge is 0.478 e. The molecular weight excluding hydrogens is 256 g/mol. The van der Waals surface area contributed by atoms with Crippen molar-refractivity contribution in [3.8, 4) is 0 Å². The zero-order valence-electron chi connectivity index (χ0n) is 11.2. The van der Waals surface area contributed by atoms with Gasteiger partial charge in [-0.15, -0.1) is 10.2 Å². The summed E-state index contributed by atoms with van der Waals surface area (Å²) in [6, 6.07) is 0.377. The van der Waals surface area contributed by atoms with Crippen LogP contribution in [0.3, 0.4) is 0 Å². The molecule has 0 atom stereocenters. The number of rotatable bonds is 3. The molecule has 0 spiro atoms. The second kappa shape index (κ2) is 4.40. The summed E-state index contributed by atoms with van der Waals surface area (Å²) in [4.78, 5) is 12.3. The van der Waals surface area contributed by atoms with E-state index in [2.05, 4.69) is 15.4 Å². The van der Waals surface area contributed by atoms with Gasteiger partial charge in [0.05, 0.1) is 6.04 Å². The fourth-order valence-electron chi connectivity index (χ4n) is 4.85. The Morgan fingerprint density at radius 2 is 1.80 bits per heavy atom. The van der Waals surface area contributed by atoms with Gasteiger partial charge < -0.3 is 5.11 Å². The number of carboxylic acids is 1. The van der Waals surface area contributed by atoms with Crippen molar-refractivity contribution in [3.05, 3.63) is 11.9 Å². The molecule has 4 aliphatic carbocycles. The van der Waals surface area contributed by atoms with Crippen LogP contribution in [-0.2, 0) is 4.79 Å². The molecule has 20 heavy (non-hydrogen) atoms. The summed E-state index contributed by atoms with van der Waals surface area (Å²) in [6.45, 7) is 0. The van der Waals surface area contributed by atoms with Crippen LogP contribution in [0, 0.1) is 23.7 Å². The second-order valence-corrected chi connectivity index (χ2v) is 6.56. The Kier molecular flexibility index (Phi) is 2.65. The summed E-state index contributed by atoms with van der Waals surface area (Å²) >= 11 is 0. The quantitative estimate of drug-likeness (QED) is 0.849. The van der Waals surface area contributed by atoms with E-state index >= 15 is 0 Å². The number of carboxylic acid groups (broad SMARTS) is 1. The maximum atomic E-state index is 10.5. The van der Waals surface area contributed by atoms with Gasteiger partial charge in [-0.05, 0) is 67.1 Å². The molecule has 4 aliphatic rings. The van der Waals surface area contributed by atoms with Gasteiger partial charge in [0.2, 0.25) is 0 Å². The Morgan fingerprint density at radius 3 is 2.40 bits per heavy atom. The van der Waals surface area contributed by atoms with E-state index in [0.717, 1.165) is 17.9 Å².